The van der Waals surface area contributed by atoms with Crippen molar-refractivity contribution < 1.29 is 9.59 Å². The second kappa shape index (κ2) is 11.6. The van der Waals surface area contributed by atoms with Crippen molar-refractivity contribution in [2.45, 2.75) is 51.4 Å². The molecule has 0 atom stereocenters. The van der Waals surface area contributed by atoms with Crippen molar-refractivity contribution in [3.05, 3.63) is 24.3 Å². The first kappa shape index (κ1) is 25.5. The first-order valence-electron chi connectivity index (χ1n) is 10.2. The number of primary amides is 1. The lowest BCUT2D eigenvalue weighted by atomic mass is 9.71. The number of benzene rings is 1. The zero-order valence-corrected chi connectivity index (χ0v) is 18.5. The van der Waals surface area contributed by atoms with Gasteiger partial charge < -0.3 is 21.7 Å². The molecule has 8 heteroatoms. The Morgan fingerprint density at radius 3 is 2.28 bits per heavy atom. The van der Waals surface area contributed by atoms with Crippen molar-refractivity contribution >= 4 is 48.0 Å². The van der Waals surface area contributed by atoms with Gasteiger partial charge in [-0.1, -0.05) is 31.4 Å². The summed E-state index contributed by atoms with van der Waals surface area (Å²) in [5, 5.41) is 3.12. The molecule has 2 fully saturated rings. The van der Waals surface area contributed by atoms with Gasteiger partial charge in [-0.05, 0) is 49.8 Å². The third-order valence-corrected chi connectivity index (χ3v) is 6.30. The van der Waals surface area contributed by atoms with Crippen LogP contribution in [0.3, 0.4) is 0 Å². The summed E-state index contributed by atoms with van der Waals surface area (Å²) in [4.78, 5) is 26.4. The standard InChI is InChI=1S/C21H32N4O2.2ClH/c22-15-21(10-4-1-5-11-21)14-19(26)24-17-6-2-3-7-18(17)25-12-8-16(9-13-25)20(23)27;;/h2-3,6-7,16H,1,4-5,8-15,22H2,(H2,23,27)(H,24,26);2*1H. The van der Waals surface area contributed by atoms with Gasteiger partial charge in [0.2, 0.25) is 11.8 Å². The highest BCUT2D eigenvalue weighted by atomic mass is 35.5. The average molecular weight is 445 g/mol. The average Bonchev–Trinajstić information content (AvgIpc) is 2.69. The number of hydrogen-bond donors (Lipinski definition) is 3. The minimum atomic E-state index is -0.212. The molecular weight excluding hydrogens is 411 g/mol. The molecule has 1 aliphatic heterocycles. The molecule has 0 unspecified atom stereocenters. The third kappa shape index (κ3) is 6.49. The molecule has 0 aromatic heterocycles. The predicted octanol–water partition coefficient (Wildman–Crippen LogP) is 3.47. The lowest BCUT2D eigenvalue weighted by Gasteiger charge is -2.36. The maximum atomic E-state index is 12.8. The summed E-state index contributed by atoms with van der Waals surface area (Å²) in [6.07, 6.45) is 7.65. The normalized spacial score (nSPS) is 18.9. The van der Waals surface area contributed by atoms with E-state index < -0.39 is 0 Å². The van der Waals surface area contributed by atoms with Gasteiger partial charge in [-0.2, -0.15) is 0 Å². The van der Waals surface area contributed by atoms with Crippen LogP contribution in [0.5, 0.6) is 0 Å². The first-order chi connectivity index (χ1) is 13.0. The highest BCUT2D eigenvalue weighted by Gasteiger charge is 2.33. The largest absolute Gasteiger partial charge is 0.370 e. The van der Waals surface area contributed by atoms with Crippen molar-refractivity contribution in [3.8, 4) is 0 Å². The smallest absolute Gasteiger partial charge is 0.225 e. The summed E-state index contributed by atoms with van der Waals surface area (Å²) in [6.45, 7) is 2.11. The highest BCUT2D eigenvalue weighted by molar-refractivity contribution is 5.94. The van der Waals surface area contributed by atoms with E-state index >= 15 is 0 Å². The molecule has 1 heterocycles. The van der Waals surface area contributed by atoms with E-state index in [2.05, 4.69) is 10.2 Å². The molecule has 2 aliphatic rings. The summed E-state index contributed by atoms with van der Waals surface area (Å²) >= 11 is 0. The van der Waals surface area contributed by atoms with E-state index in [1.807, 2.05) is 24.3 Å². The monoisotopic (exact) mass is 444 g/mol. The second-order valence-corrected chi connectivity index (χ2v) is 8.17. The van der Waals surface area contributed by atoms with E-state index in [9.17, 15) is 9.59 Å². The molecule has 0 bridgehead atoms. The van der Waals surface area contributed by atoms with Crippen LogP contribution in [-0.4, -0.2) is 31.4 Å². The molecular formula is C21H34Cl2N4O2. The molecule has 1 saturated carbocycles. The summed E-state index contributed by atoms with van der Waals surface area (Å²) < 4.78 is 0. The second-order valence-electron chi connectivity index (χ2n) is 8.17. The van der Waals surface area contributed by atoms with Crippen LogP contribution >= 0.6 is 24.8 Å². The number of carbonyl (C=O) groups is 2. The van der Waals surface area contributed by atoms with E-state index in [-0.39, 0.29) is 48.0 Å². The number of rotatable bonds is 6. The number of nitrogens with two attached hydrogens (primary N) is 2. The van der Waals surface area contributed by atoms with Gasteiger partial charge in [0.25, 0.3) is 0 Å². The molecule has 29 heavy (non-hydrogen) atoms. The van der Waals surface area contributed by atoms with E-state index in [1.165, 1.54) is 6.42 Å². The summed E-state index contributed by atoms with van der Waals surface area (Å²) in [5.41, 5.74) is 13.3. The molecule has 164 valence electrons. The van der Waals surface area contributed by atoms with Gasteiger partial charge in [0.05, 0.1) is 11.4 Å². The Bertz CT molecular complexity index is 672. The number of hydrogen-bond acceptors (Lipinski definition) is 4. The fraction of sp³-hybridized carbons (Fsp3) is 0.619. The third-order valence-electron chi connectivity index (χ3n) is 6.30. The number of halogens is 2. The number of amides is 2. The maximum Gasteiger partial charge on any atom is 0.225 e. The van der Waals surface area contributed by atoms with E-state index in [0.717, 1.165) is 63.0 Å². The van der Waals surface area contributed by atoms with Crippen LogP contribution in [0.25, 0.3) is 0 Å². The number of piperidine rings is 1. The SMILES string of the molecule is Cl.Cl.NCC1(CC(=O)Nc2ccccc2N2CCC(C(N)=O)CC2)CCCCC1. The van der Waals surface area contributed by atoms with Crippen molar-refractivity contribution in [2.24, 2.45) is 22.8 Å². The van der Waals surface area contributed by atoms with Crippen LogP contribution in [0.15, 0.2) is 24.3 Å². The zero-order chi connectivity index (χ0) is 19.3. The molecule has 1 saturated heterocycles. The fourth-order valence-electron chi connectivity index (χ4n) is 4.55. The van der Waals surface area contributed by atoms with Crippen LogP contribution in [0, 0.1) is 11.3 Å². The van der Waals surface area contributed by atoms with Gasteiger partial charge in [0.1, 0.15) is 0 Å². The zero-order valence-electron chi connectivity index (χ0n) is 16.9. The van der Waals surface area contributed by atoms with Crippen molar-refractivity contribution in [2.75, 3.05) is 29.9 Å². The minimum Gasteiger partial charge on any atom is -0.370 e. The summed E-state index contributed by atoms with van der Waals surface area (Å²) in [6, 6.07) is 7.89. The van der Waals surface area contributed by atoms with Crippen LogP contribution in [0.4, 0.5) is 11.4 Å². The molecule has 1 aromatic rings. The summed E-state index contributed by atoms with van der Waals surface area (Å²) in [5.74, 6) is -0.212. The Hall–Kier alpha value is -1.50. The maximum absolute atomic E-state index is 12.8. The lowest BCUT2D eigenvalue weighted by Crippen LogP contribution is -2.39. The molecule has 1 aromatic carbocycles. The quantitative estimate of drug-likeness (QED) is 0.624. The Balaban J connectivity index is 0.00000210. The number of nitrogens with zero attached hydrogens (tertiary/aromatic N) is 1. The van der Waals surface area contributed by atoms with Gasteiger partial charge in [-0.3, -0.25) is 9.59 Å². The molecule has 2 amide bonds. The Kier molecular flexibility index (Phi) is 10.2. The molecule has 3 rings (SSSR count). The van der Waals surface area contributed by atoms with Crippen molar-refractivity contribution in [1.29, 1.82) is 0 Å². The number of carbonyl (C=O) groups excluding carboxylic acids is 2. The molecule has 0 radical (unpaired) electrons. The van der Waals surface area contributed by atoms with Gasteiger partial charge in [-0.15, -0.1) is 24.8 Å². The Labute approximate surface area is 186 Å². The van der Waals surface area contributed by atoms with Gasteiger partial charge in [0, 0.05) is 25.4 Å². The molecule has 6 nitrogen and oxygen atoms in total. The van der Waals surface area contributed by atoms with Gasteiger partial charge in [-0.25, -0.2) is 0 Å². The van der Waals surface area contributed by atoms with Crippen LogP contribution in [-0.2, 0) is 9.59 Å². The molecule has 0 spiro atoms. The van der Waals surface area contributed by atoms with E-state index in [4.69, 9.17) is 11.5 Å². The van der Waals surface area contributed by atoms with Crippen LogP contribution < -0.4 is 21.7 Å². The minimum absolute atomic E-state index is 0. The van der Waals surface area contributed by atoms with E-state index in [1.54, 1.807) is 0 Å². The van der Waals surface area contributed by atoms with Gasteiger partial charge >= 0.3 is 0 Å². The fourth-order valence-corrected chi connectivity index (χ4v) is 4.55. The number of anilines is 2. The number of para-hydroxylation sites is 2. The predicted molar refractivity (Wildman–Crippen MR) is 123 cm³/mol. The van der Waals surface area contributed by atoms with Gasteiger partial charge in [0.15, 0.2) is 0 Å². The topological polar surface area (TPSA) is 101 Å². The molecule has 5 N–H and O–H groups in total. The van der Waals surface area contributed by atoms with Crippen molar-refractivity contribution in [3.63, 3.8) is 0 Å². The Morgan fingerprint density at radius 1 is 1.07 bits per heavy atom. The Morgan fingerprint density at radius 2 is 1.69 bits per heavy atom. The summed E-state index contributed by atoms with van der Waals surface area (Å²) in [7, 11) is 0. The highest BCUT2D eigenvalue weighted by Crippen LogP contribution is 2.39. The van der Waals surface area contributed by atoms with Crippen molar-refractivity contribution in [1.82, 2.24) is 0 Å². The first-order valence-corrected chi connectivity index (χ1v) is 10.2. The van der Waals surface area contributed by atoms with Crippen LogP contribution in [0.2, 0.25) is 0 Å². The number of nitrogens with one attached hydrogen (secondary N) is 1. The lowest BCUT2D eigenvalue weighted by molar-refractivity contribution is -0.122. The van der Waals surface area contributed by atoms with Crippen LogP contribution in [0.1, 0.15) is 51.4 Å². The van der Waals surface area contributed by atoms with E-state index in [0.29, 0.717) is 13.0 Å². The molecule has 1 aliphatic carbocycles.